The number of benzene rings is 1. The topological polar surface area (TPSA) is 71.1 Å². The molecule has 0 radical (unpaired) electrons. The number of nitrogens with zero attached hydrogens (tertiary/aromatic N) is 1. The summed E-state index contributed by atoms with van der Waals surface area (Å²) in [6.45, 7) is 1.86. The Morgan fingerprint density at radius 3 is 2.74 bits per heavy atom. The van der Waals surface area contributed by atoms with E-state index in [0.29, 0.717) is 5.69 Å². The van der Waals surface area contributed by atoms with Crippen molar-refractivity contribution in [2.24, 2.45) is 0 Å². The van der Waals surface area contributed by atoms with Gasteiger partial charge >= 0.3 is 11.8 Å². The van der Waals surface area contributed by atoms with Crippen LogP contribution in [0.1, 0.15) is 18.5 Å². The minimum Gasteiger partial charge on any atom is -0.341 e. The van der Waals surface area contributed by atoms with E-state index < -0.39 is 11.8 Å². The second-order valence-electron chi connectivity index (χ2n) is 5.08. The summed E-state index contributed by atoms with van der Waals surface area (Å²) in [6.07, 6.45) is 3.08. The summed E-state index contributed by atoms with van der Waals surface area (Å²) in [6, 6.07) is 11.1. The third-order valence-corrected chi connectivity index (χ3v) is 4.43. The molecule has 0 saturated carbocycles. The van der Waals surface area contributed by atoms with E-state index in [9.17, 15) is 9.59 Å². The highest BCUT2D eigenvalue weighted by atomic mass is 32.1. The molecular formula is C17H15N3O2S. The molecule has 2 heterocycles. The molecular weight excluding hydrogens is 310 g/mol. The summed E-state index contributed by atoms with van der Waals surface area (Å²) in [5.74, 6) is -1.37. The van der Waals surface area contributed by atoms with Crippen molar-refractivity contribution in [3.8, 4) is 0 Å². The van der Waals surface area contributed by atoms with Crippen molar-refractivity contribution in [2.75, 3.05) is 5.32 Å². The maximum atomic E-state index is 12.0. The minimum absolute atomic E-state index is 0.252. The lowest BCUT2D eigenvalue weighted by Crippen LogP contribution is -2.36. The van der Waals surface area contributed by atoms with E-state index in [-0.39, 0.29) is 6.04 Å². The maximum Gasteiger partial charge on any atom is 0.313 e. The Labute approximate surface area is 137 Å². The number of rotatable bonds is 3. The molecule has 2 aromatic heterocycles. The Morgan fingerprint density at radius 2 is 1.96 bits per heavy atom. The van der Waals surface area contributed by atoms with Crippen LogP contribution in [-0.4, -0.2) is 16.8 Å². The quantitative estimate of drug-likeness (QED) is 0.727. The van der Waals surface area contributed by atoms with Gasteiger partial charge in [-0.2, -0.15) is 0 Å². The fourth-order valence-electron chi connectivity index (χ4n) is 2.30. The summed E-state index contributed by atoms with van der Waals surface area (Å²) in [4.78, 5) is 27.9. The van der Waals surface area contributed by atoms with E-state index in [1.807, 2.05) is 36.6 Å². The van der Waals surface area contributed by atoms with Crippen LogP contribution in [0.4, 0.5) is 5.69 Å². The molecule has 2 amide bonds. The number of anilines is 1. The van der Waals surface area contributed by atoms with Crippen molar-refractivity contribution in [3.05, 3.63) is 59.7 Å². The van der Waals surface area contributed by atoms with Gasteiger partial charge in [-0.1, -0.05) is 18.2 Å². The molecule has 1 atom stereocenters. The van der Waals surface area contributed by atoms with Crippen molar-refractivity contribution in [1.29, 1.82) is 0 Å². The zero-order valence-electron chi connectivity index (χ0n) is 12.4. The molecule has 2 N–H and O–H groups in total. The van der Waals surface area contributed by atoms with Gasteiger partial charge in [0.25, 0.3) is 0 Å². The first kappa shape index (κ1) is 15.2. The van der Waals surface area contributed by atoms with Crippen LogP contribution in [0.15, 0.2) is 54.2 Å². The number of hydrogen-bond acceptors (Lipinski definition) is 4. The van der Waals surface area contributed by atoms with Crippen LogP contribution in [0.3, 0.4) is 0 Å². The van der Waals surface area contributed by atoms with Crippen molar-refractivity contribution >= 4 is 38.9 Å². The first-order chi connectivity index (χ1) is 11.1. The number of carbonyl (C=O) groups is 2. The normalized spacial score (nSPS) is 11.9. The third kappa shape index (κ3) is 3.37. The van der Waals surface area contributed by atoms with Crippen molar-refractivity contribution in [1.82, 2.24) is 10.3 Å². The molecule has 0 bridgehead atoms. The molecule has 3 aromatic rings. The Morgan fingerprint density at radius 1 is 1.13 bits per heavy atom. The number of nitrogens with one attached hydrogen (secondary N) is 2. The molecule has 0 aliphatic carbocycles. The summed E-state index contributed by atoms with van der Waals surface area (Å²) in [7, 11) is 0. The zero-order valence-corrected chi connectivity index (χ0v) is 13.3. The van der Waals surface area contributed by atoms with E-state index in [0.717, 1.165) is 15.6 Å². The average molecular weight is 325 g/mol. The molecule has 1 aromatic carbocycles. The number of hydrogen-bond donors (Lipinski definition) is 2. The van der Waals surface area contributed by atoms with Gasteiger partial charge in [-0.3, -0.25) is 14.6 Å². The molecule has 0 spiro atoms. The van der Waals surface area contributed by atoms with Gasteiger partial charge < -0.3 is 10.6 Å². The Kier molecular flexibility index (Phi) is 4.34. The van der Waals surface area contributed by atoms with Crippen LogP contribution < -0.4 is 10.6 Å². The second-order valence-corrected chi connectivity index (χ2v) is 5.99. The van der Waals surface area contributed by atoms with E-state index in [1.165, 1.54) is 6.20 Å². The highest BCUT2D eigenvalue weighted by Gasteiger charge is 2.19. The lowest BCUT2D eigenvalue weighted by Gasteiger charge is -2.13. The van der Waals surface area contributed by atoms with E-state index in [2.05, 4.69) is 15.6 Å². The van der Waals surface area contributed by atoms with Gasteiger partial charge in [-0.25, -0.2) is 0 Å². The molecule has 0 fully saturated rings. The Hall–Kier alpha value is -2.73. The van der Waals surface area contributed by atoms with Gasteiger partial charge in [-0.05, 0) is 41.5 Å². The number of aromatic nitrogens is 1. The first-order valence-electron chi connectivity index (χ1n) is 7.13. The summed E-state index contributed by atoms with van der Waals surface area (Å²) < 4.78 is 1.16. The predicted molar refractivity (Wildman–Crippen MR) is 91.2 cm³/mol. The second kappa shape index (κ2) is 6.58. The average Bonchev–Trinajstić information content (AvgIpc) is 2.99. The molecule has 3 rings (SSSR count). The lowest BCUT2D eigenvalue weighted by atomic mass is 10.1. The molecule has 0 aliphatic heterocycles. The van der Waals surface area contributed by atoms with Crippen LogP contribution >= 0.6 is 11.3 Å². The number of amides is 2. The van der Waals surface area contributed by atoms with Gasteiger partial charge in [0, 0.05) is 10.9 Å². The SMILES string of the molecule is CC(NC(=O)C(=O)Nc1cccnc1)c1csc2ccccc12. The van der Waals surface area contributed by atoms with Gasteiger partial charge in [0.1, 0.15) is 0 Å². The lowest BCUT2D eigenvalue weighted by molar-refractivity contribution is -0.136. The van der Waals surface area contributed by atoms with Crippen LogP contribution in [-0.2, 0) is 9.59 Å². The number of fused-ring (bicyclic) bond motifs is 1. The standard InChI is InChI=1S/C17H15N3O2S/c1-11(14-10-23-15-7-3-2-6-13(14)15)19-16(21)17(22)20-12-5-4-8-18-9-12/h2-11H,1H3,(H,19,21)(H,20,22). The van der Waals surface area contributed by atoms with Crippen molar-refractivity contribution < 1.29 is 9.59 Å². The molecule has 1 unspecified atom stereocenters. The van der Waals surface area contributed by atoms with Crippen molar-refractivity contribution in [2.45, 2.75) is 13.0 Å². The molecule has 116 valence electrons. The van der Waals surface area contributed by atoms with Crippen LogP contribution in [0.2, 0.25) is 0 Å². The third-order valence-electron chi connectivity index (χ3n) is 3.45. The summed E-state index contributed by atoms with van der Waals surface area (Å²) >= 11 is 1.62. The number of pyridine rings is 1. The number of carbonyl (C=O) groups excluding carboxylic acids is 2. The zero-order chi connectivity index (χ0) is 16.2. The van der Waals surface area contributed by atoms with Gasteiger partial charge in [0.05, 0.1) is 17.9 Å². The van der Waals surface area contributed by atoms with Crippen molar-refractivity contribution in [3.63, 3.8) is 0 Å². The highest BCUT2D eigenvalue weighted by molar-refractivity contribution is 7.17. The molecule has 23 heavy (non-hydrogen) atoms. The first-order valence-corrected chi connectivity index (χ1v) is 8.01. The predicted octanol–water partition coefficient (Wildman–Crippen LogP) is 3.11. The van der Waals surface area contributed by atoms with E-state index in [1.54, 1.807) is 29.7 Å². The highest BCUT2D eigenvalue weighted by Crippen LogP contribution is 2.29. The van der Waals surface area contributed by atoms with Crippen LogP contribution in [0.25, 0.3) is 10.1 Å². The van der Waals surface area contributed by atoms with E-state index >= 15 is 0 Å². The Balaban J connectivity index is 1.68. The maximum absolute atomic E-state index is 12.0. The molecule has 0 aliphatic rings. The summed E-state index contributed by atoms with van der Waals surface area (Å²) in [5.41, 5.74) is 1.49. The monoisotopic (exact) mass is 325 g/mol. The van der Waals surface area contributed by atoms with Gasteiger partial charge in [0.2, 0.25) is 0 Å². The summed E-state index contributed by atoms with van der Waals surface area (Å²) in [5, 5.41) is 8.35. The Bertz CT molecular complexity index is 845. The van der Waals surface area contributed by atoms with E-state index in [4.69, 9.17) is 0 Å². The van der Waals surface area contributed by atoms with Crippen LogP contribution in [0, 0.1) is 0 Å². The fourth-order valence-corrected chi connectivity index (χ4v) is 3.35. The van der Waals surface area contributed by atoms with Gasteiger partial charge in [0.15, 0.2) is 0 Å². The smallest absolute Gasteiger partial charge is 0.313 e. The minimum atomic E-state index is -0.704. The molecule has 6 heteroatoms. The van der Waals surface area contributed by atoms with Gasteiger partial charge in [-0.15, -0.1) is 11.3 Å². The fraction of sp³-hybridized carbons (Fsp3) is 0.118. The van der Waals surface area contributed by atoms with Crippen LogP contribution in [0.5, 0.6) is 0 Å². The molecule has 5 nitrogen and oxygen atoms in total. The largest absolute Gasteiger partial charge is 0.341 e. The molecule has 0 saturated heterocycles. The number of thiophene rings is 1.